The van der Waals surface area contributed by atoms with Crippen molar-refractivity contribution in [2.24, 2.45) is 5.92 Å². The Labute approximate surface area is 176 Å². The first-order valence-electron chi connectivity index (χ1n) is 10.6. The van der Waals surface area contributed by atoms with Gasteiger partial charge in [0.15, 0.2) is 0 Å². The number of urea groups is 1. The number of rotatable bonds is 5. The third-order valence-corrected chi connectivity index (χ3v) is 6.61. The van der Waals surface area contributed by atoms with Crippen molar-refractivity contribution in [2.45, 2.75) is 44.2 Å². The van der Waals surface area contributed by atoms with E-state index in [2.05, 4.69) is 12.2 Å². The predicted octanol–water partition coefficient (Wildman–Crippen LogP) is 4.31. The molecule has 2 aromatic rings. The molecule has 5 nitrogen and oxygen atoms in total. The second kappa shape index (κ2) is 8.19. The zero-order chi connectivity index (χ0) is 21.3. The van der Waals surface area contributed by atoms with E-state index in [-0.39, 0.29) is 36.4 Å². The Morgan fingerprint density at radius 2 is 1.77 bits per heavy atom. The molecule has 6 heteroatoms. The summed E-state index contributed by atoms with van der Waals surface area (Å²) < 4.78 is 13.5. The molecule has 4 rings (SSSR count). The standard InChI is InChI=1S/C24H28FN3O2/c1-17-8-6-7-15-24(17)22(29)28(23(30)26-24)16-27(2)21(18-9-4-3-5-10-18)19-11-13-20(25)14-12-19/h3-5,9-14,17,21H,6-8,15-16H2,1-2H3,(H,26,30). The number of halogens is 1. The summed E-state index contributed by atoms with van der Waals surface area (Å²) in [5, 5.41) is 3.01. The van der Waals surface area contributed by atoms with E-state index in [9.17, 15) is 14.0 Å². The molecule has 2 aliphatic rings. The van der Waals surface area contributed by atoms with Crippen LogP contribution in [0.2, 0.25) is 0 Å². The number of imide groups is 1. The van der Waals surface area contributed by atoms with Crippen molar-refractivity contribution in [1.82, 2.24) is 15.1 Å². The fraction of sp³-hybridized carbons (Fsp3) is 0.417. The summed E-state index contributed by atoms with van der Waals surface area (Å²) in [6.45, 7) is 2.21. The van der Waals surface area contributed by atoms with Gasteiger partial charge in [0.25, 0.3) is 5.91 Å². The highest BCUT2D eigenvalue weighted by atomic mass is 19.1. The molecule has 3 atom stereocenters. The molecule has 1 heterocycles. The van der Waals surface area contributed by atoms with Crippen molar-refractivity contribution in [2.75, 3.05) is 13.7 Å². The molecule has 2 aromatic carbocycles. The van der Waals surface area contributed by atoms with Gasteiger partial charge in [-0.15, -0.1) is 0 Å². The van der Waals surface area contributed by atoms with Gasteiger partial charge in [0.1, 0.15) is 11.4 Å². The molecule has 1 spiro atoms. The molecule has 2 fully saturated rings. The molecule has 30 heavy (non-hydrogen) atoms. The third kappa shape index (κ3) is 3.60. The van der Waals surface area contributed by atoms with E-state index < -0.39 is 5.54 Å². The molecule has 158 valence electrons. The number of hydrogen-bond donors (Lipinski definition) is 1. The fourth-order valence-electron chi connectivity index (χ4n) is 4.91. The quantitative estimate of drug-likeness (QED) is 0.749. The van der Waals surface area contributed by atoms with Gasteiger partial charge in [-0.3, -0.25) is 9.69 Å². The van der Waals surface area contributed by atoms with Crippen LogP contribution in [-0.4, -0.2) is 41.0 Å². The second-order valence-electron chi connectivity index (χ2n) is 8.54. The maximum absolute atomic E-state index is 13.5. The Kier molecular flexibility index (Phi) is 5.60. The molecule has 1 aliphatic carbocycles. The van der Waals surface area contributed by atoms with Crippen LogP contribution in [0.4, 0.5) is 9.18 Å². The van der Waals surface area contributed by atoms with Crippen LogP contribution >= 0.6 is 0 Å². The summed E-state index contributed by atoms with van der Waals surface area (Å²) in [6.07, 6.45) is 3.67. The molecule has 0 aromatic heterocycles. The zero-order valence-electron chi connectivity index (χ0n) is 17.5. The summed E-state index contributed by atoms with van der Waals surface area (Å²) in [5.41, 5.74) is 1.14. The maximum Gasteiger partial charge on any atom is 0.326 e. The highest BCUT2D eigenvalue weighted by Gasteiger charge is 2.55. The number of hydrogen-bond acceptors (Lipinski definition) is 3. The minimum Gasteiger partial charge on any atom is -0.323 e. The largest absolute Gasteiger partial charge is 0.326 e. The van der Waals surface area contributed by atoms with Crippen LogP contribution in [0.5, 0.6) is 0 Å². The van der Waals surface area contributed by atoms with Crippen LogP contribution in [-0.2, 0) is 4.79 Å². The van der Waals surface area contributed by atoms with Gasteiger partial charge in [-0.2, -0.15) is 0 Å². The molecule has 1 N–H and O–H groups in total. The first-order chi connectivity index (χ1) is 14.4. The number of nitrogens with zero attached hydrogens (tertiary/aromatic N) is 2. The number of benzene rings is 2. The van der Waals surface area contributed by atoms with Crippen LogP contribution in [0, 0.1) is 11.7 Å². The molecule has 1 saturated heterocycles. The van der Waals surface area contributed by atoms with E-state index >= 15 is 0 Å². The predicted molar refractivity (Wildman–Crippen MR) is 113 cm³/mol. The summed E-state index contributed by atoms with van der Waals surface area (Å²) in [7, 11) is 1.89. The lowest BCUT2D eigenvalue weighted by Gasteiger charge is -2.37. The van der Waals surface area contributed by atoms with E-state index in [0.717, 1.165) is 30.4 Å². The van der Waals surface area contributed by atoms with Gasteiger partial charge in [0, 0.05) is 0 Å². The summed E-state index contributed by atoms with van der Waals surface area (Å²) in [4.78, 5) is 29.4. The average molecular weight is 410 g/mol. The van der Waals surface area contributed by atoms with Gasteiger partial charge in [-0.1, -0.05) is 62.2 Å². The first kappa shape index (κ1) is 20.5. The molecule has 1 aliphatic heterocycles. The van der Waals surface area contributed by atoms with Crippen LogP contribution in [0.1, 0.15) is 49.8 Å². The molecule has 0 radical (unpaired) electrons. The van der Waals surface area contributed by atoms with Crippen molar-refractivity contribution >= 4 is 11.9 Å². The number of amides is 3. The highest BCUT2D eigenvalue weighted by Crippen LogP contribution is 2.38. The monoisotopic (exact) mass is 409 g/mol. The summed E-state index contributed by atoms with van der Waals surface area (Å²) >= 11 is 0. The number of nitrogens with one attached hydrogen (secondary N) is 1. The van der Waals surface area contributed by atoms with Crippen molar-refractivity contribution in [3.8, 4) is 0 Å². The second-order valence-corrected chi connectivity index (χ2v) is 8.54. The normalized spacial score (nSPS) is 25.1. The third-order valence-electron chi connectivity index (χ3n) is 6.61. The average Bonchev–Trinajstić information content (AvgIpc) is 2.97. The zero-order valence-corrected chi connectivity index (χ0v) is 17.5. The fourth-order valence-corrected chi connectivity index (χ4v) is 4.91. The minimum atomic E-state index is -0.770. The van der Waals surface area contributed by atoms with Gasteiger partial charge in [0.05, 0.1) is 12.7 Å². The van der Waals surface area contributed by atoms with Gasteiger partial charge >= 0.3 is 6.03 Å². The lowest BCUT2D eigenvalue weighted by atomic mass is 9.73. The van der Waals surface area contributed by atoms with Crippen LogP contribution < -0.4 is 5.32 Å². The topological polar surface area (TPSA) is 52.7 Å². The highest BCUT2D eigenvalue weighted by molar-refractivity contribution is 6.07. The van der Waals surface area contributed by atoms with Gasteiger partial charge in [0.2, 0.25) is 0 Å². The van der Waals surface area contributed by atoms with Gasteiger partial charge in [-0.05, 0) is 49.1 Å². The molecule has 0 bridgehead atoms. The van der Waals surface area contributed by atoms with E-state index in [1.807, 2.05) is 42.3 Å². The van der Waals surface area contributed by atoms with E-state index in [4.69, 9.17) is 0 Å². The maximum atomic E-state index is 13.5. The van der Waals surface area contributed by atoms with Crippen LogP contribution in [0.15, 0.2) is 54.6 Å². The Morgan fingerprint density at radius 1 is 1.10 bits per heavy atom. The lowest BCUT2D eigenvalue weighted by molar-refractivity contribution is -0.135. The SMILES string of the molecule is CC1CCCCC12NC(=O)N(CN(C)C(c1ccccc1)c1ccc(F)cc1)C2=O. The van der Waals surface area contributed by atoms with E-state index in [1.165, 1.54) is 17.0 Å². The van der Waals surface area contributed by atoms with Crippen molar-refractivity contribution in [1.29, 1.82) is 0 Å². The Bertz CT molecular complexity index is 918. The van der Waals surface area contributed by atoms with Crippen LogP contribution in [0.25, 0.3) is 0 Å². The van der Waals surface area contributed by atoms with Gasteiger partial charge < -0.3 is 5.32 Å². The first-order valence-corrected chi connectivity index (χ1v) is 10.6. The molecule has 3 unspecified atom stereocenters. The molecular weight excluding hydrogens is 381 g/mol. The van der Waals surface area contributed by atoms with E-state index in [1.54, 1.807) is 12.1 Å². The molecular formula is C24H28FN3O2. The lowest BCUT2D eigenvalue weighted by Crippen LogP contribution is -2.54. The molecule has 1 saturated carbocycles. The smallest absolute Gasteiger partial charge is 0.323 e. The molecule has 3 amide bonds. The van der Waals surface area contributed by atoms with E-state index in [0.29, 0.717) is 6.42 Å². The summed E-state index contributed by atoms with van der Waals surface area (Å²) in [6, 6.07) is 15.7. The number of carbonyl (C=O) groups excluding carboxylic acids is 2. The Morgan fingerprint density at radius 3 is 2.43 bits per heavy atom. The van der Waals surface area contributed by atoms with Crippen molar-refractivity contribution in [3.05, 3.63) is 71.5 Å². The summed E-state index contributed by atoms with van der Waals surface area (Å²) in [5.74, 6) is -0.298. The Balaban J connectivity index is 1.61. The number of carbonyl (C=O) groups is 2. The van der Waals surface area contributed by atoms with Crippen LogP contribution in [0.3, 0.4) is 0 Å². The Hall–Kier alpha value is -2.73. The minimum absolute atomic E-state index is 0.125. The van der Waals surface area contributed by atoms with Gasteiger partial charge in [-0.25, -0.2) is 14.1 Å². The van der Waals surface area contributed by atoms with Crippen molar-refractivity contribution < 1.29 is 14.0 Å². The van der Waals surface area contributed by atoms with Crippen molar-refractivity contribution in [3.63, 3.8) is 0 Å².